The van der Waals surface area contributed by atoms with E-state index in [9.17, 15) is 4.79 Å². The molecule has 0 unspecified atom stereocenters. The van der Waals surface area contributed by atoms with Crippen molar-refractivity contribution in [1.82, 2.24) is 10.1 Å². The van der Waals surface area contributed by atoms with Crippen LogP contribution in [0.15, 0.2) is 4.52 Å². The first-order chi connectivity index (χ1) is 13.5. The maximum atomic E-state index is 12.7. The Labute approximate surface area is 163 Å². The number of hydrogen-bond acceptors (Lipinski definition) is 7. The lowest BCUT2D eigenvalue weighted by Crippen LogP contribution is -2.28. The minimum atomic E-state index is -0.0796. The summed E-state index contributed by atoms with van der Waals surface area (Å²) in [5.41, 5.74) is 4.62. The van der Waals surface area contributed by atoms with E-state index in [1.54, 1.807) is 7.11 Å². The van der Waals surface area contributed by atoms with E-state index in [-0.39, 0.29) is 12.7 Å². The fraction of sp³-hybridized carbons (Fsp3) is 0.500. The first kappa shape index (κ1) is 18.6. The molecule has 1 aromatic carbocycles. The Kier molecular flexibility index (Phi) is 4.89. The van der Waals surface area contributed by atoms with Crippen LogP contribution in [0.1, 0.15) is 34.6 Å². The number of nitrogens with one attached hydrogen (secondary N) is 1. The maximum absolute atomic E-state index is 12.7. The topological polar surface area (TPSA) is 86.1 Å². The largest absolute Gasteiger partial charge is 0.492 e. The number of methoxy groups -OCH3 is 1. The predicted molar refractivity (Wildman–Crippen MR) is 102 cm³/mol. The summed E-state index contributed by atoms with van der Waals surface area (Å²) in [6, 6.07) is 0. The Morgan fingerprint density at radius 3 is 2.75 bits per heavy atom. The summed E-state index contributed by atoms with van der Waals surface area (Å²) in [4.78, 5) is 15.0. The van der Waals surface area contributed by atoms with Gasteiger partial charge in [-0.1, -0.05) is 5.16 Å². The summed E-state index contributed by atoms with van der Waals surface area (Å²) in [5, 5.41) is 7.02. The molecule has 0 atom stereocenters. The summed E-state index contributed by atoms with van der Waals surface area (Å²) >= 11 is 0. The van der Waals surface area contributed by atoms with Crippen LogP contribution in [-0.4, -0.2) is 43.5 Å². The molecule has 0 spiro atoms. The molecular formula is C20H25N3O5. The number of aryl methyl sites for hydroxylation is 2. The number of rotatable bonds is 5. The van der Waals surface area contributed by atoms with Gasteiger partial charge in [-0.3, -0.25) is 4.79 Å². The molecule has 0 aliphatic carbocycles. The summed E-state index contributed by atoms with van der Waals surface area (Å²) in [5.74, 6) is 2.50. The molecule has 0 fully saturated rings. The molecule has 1 amide bonds. The third kappa shape index (κ3) is 3.17. The van der Waals surface area contributed by atoms with Crippen molar-refractivity contribution in [3.8, 4) is 17.2 Å². The second-order valence-electron chi connectivity index (χ2n) is 7.27. The second kappa shape index (κ2) is 7.35. The number of fused-ring (bicyclic) bond motifs is 2. The van der Waals surface area contributed by atoms with Gasteiger partial charge in [0.15, 0.2) is 11.5 Å². The average molecular weight is 387 g/mol. The lowest BCUT2D eigenvalue weighted by atomic mass is 9.95. The van der Waals surface area contributed by atoms with Gasteiger partial charge in [0.1, 0.15) is 5.76 Å². The molecule has 4 rings (SSSR count). The Hall–Kier alpha value is -2.74. The van der Waals surface area contributed by atoms with E-state index in [1.165, 1.54) is 0 Å². The van der Waals surface area contributed by atoms with Crippen molar-refractivity contribution in [3.05, 3.63) is 28.1 Å². The zero-order valence-corrected chi connectivity index (χ0v) is 16.7. The fourth-order valence-corrected chi connectivity index (χ4v) is 3.94. The number of benzene rings is 1. The molecule has 2 aliphatic heterocycles. The van der Waals surface area contributed by atoms with Crippen LogP contribution >= 0.6 is 0 Å². The van der Waals surface area contributed by atoms with Crippen LogP contribution in [-0.2, 0) is 24.2 Å². The number of ether oxygens (including phenoxy) is 3. The van der Waals surface area contributed by atoms with E-state index in [4.69, 9.17) is 18.7 Å². The summed E-state index contributed by atoms with van der Waals surface area (Å²) < 4.78 is 22.2. The van der Waals surface area contributed by atoms with Crippen molar-refractivity contribution < 1.29 is 23.5 Å². The molecule has 1 aromatic heterocycles. The van der Waals surface area contributed by atoms with E-state index in [0.717, 1.165) is 47.7 Å². The number of likely N-dealkylation sites (N-methyl/N-ethyl adjacent to an activating group) is 1. The second-order valence-corrected chi connectivity index (χ2v) is 7.27. The summed E-state index contributed by atoms with van der Waals surface area (Å²) in [6.45, 7) is 5.50. The SMILES string of the molecule is COc1c2c(c(NC(=O)CCc3c(C)noc3C)c3c1OCO3)CCN(C)C2. The van der Waals surface area contributed by atoms with Crippen molar-refractivity contribution in [2.45, 2.75) is 39.7 Å². The van der Waals surface area contributed by atoms with Gasteiger partial charge in [0.2, 0.25) is 18.4 Å². The zero-order chi connectivity index (χ0) is 19.8. The van der Waals surface area contributed by atoms with E-state index in [1.807, 2.05) is 13.8 Å². The molecule has 0 saturated heterocycles. The molecule has 8 heteroatoms. The number of hydrogen-bond donors (Lipinski definition) is 1. The standard InChI is InChI=1S/C20H25N3O5/c1-11-13(12(2)28-22-11)5-6-16(24)21-17-14-7-8-23(3)9-15(14)18(25-4)20-19(17)26-10-27-20/h5-10H2,1-4H3,(H,21,24). The number of aromatic nitrogens is 1. The van der Waals surface area contributed by atoms with Crippen LogP contribution < -0.4 is 19.5 Å². The maximum Gasteiger partial charge on any atom is 0.231 e. The van der Waals surface area contributed by atoms with Gasteiger partial charge in [0.25, 0.3) is 0 Å². The third-order valence-corrected chi connectivity index (χ3v) is 5.41. The van der Waals surface area contributed by atoms with Crippen LogP contribution in [0.5, 0.6) is 17.2 Å². The molecule has 2 aromatic rings. The Bertz CT molecular complexity index is 902. The quantitative estimate of drug-likeness (QED) is 0.844. The first-order valence-corrected chi connectivity index (χ1v) is 9.41. The zero-order valence-electron chi connectivity index (χ0n) is 16.7. The van der Waals surface area contributed by atoms with Gasteiger partial charge in [-0.05, 0) is 39.3 Å². The molecule has 0 radical (unpaired) electrons. The molecule has 1 N–H and O–H groups in total. The van der Waals surface area contributed by atoms with Crippen LogP contribution in [0.3, 0.4) is 0 Å². The van der Waals surface area contributed by atoms with Gasteiger partial charge in [-0.2, -0.15) is 0 Å². The van der Waals surface area contributed by atoms with Crippen molar-refractivity contribution >= 4 is 11.6 Å². The fourth-order valence-electron chi connectivity index (χ4n) is 3.94. The molecule has 0 bridgehead atoms. The van der Waals surface area contributed by atoms with Gasteiger partial charge in [-0.15, -0.1) is 0 Å². The van der Waals surface area contributed by atoms with Gasteiger partial charge in [0.05, 0.1) is 18.5 Å². The van der Waals surface area contributed by atoms with Crippen molar-refractivity contribution in [1.29, 1.82) is 0 Å². The predicted octanol–water partition coefficient (Wildman–Crippen LogP) is 2.59. The van der Waals surface area contributed by atoms with E-state index in [0.29, 0.717) is 35.8 Å². The number of anilines is 1. The van der Waals surface area contributed by atoms with Gasteiger partial charge >= 0.3 is 0 Å². The lowest BCUT2D eigenvalue weighted by Gasteiger charge is -2.29. The minimum Gasteiger partial charge on any atom is -0.492 e. The monoisotopic (exact) mass is 387 g/mol. The number of amides is 1. The normalized spacial score (nSPS) is 15.4. The van der Waals surface area contributed by atoms with Crippen LogP contribution in [0.25, 0.3) is 0 Å². The number of nitrogens with zero attached hydrogens (tertiary/aromatic N) is 2. The first-order valence-electron chi connectivity index (χ1n) is 9.41. The molecule has 0 saturated carbocycles. The van der Waals surface area contributed by atoms with Crippen LogP contribution in [0.2, 0.25) is 0 Å². The smallest absolute Gasteiger partial charge is 0.231 e. The minimum absolute atomic E-state index is 0.0796. The van der Waals surface area contributed by atoms with Crippen molar-refractivity contribution in [2.24, 2.45) is 0 Å². The van der Waals surface area contributed by atoms with Crippen LogP contribution in [0, 0.1) is 13.8 Å². The molecule has 8 nitrogen and oxygen atoms in total. The van der Waals surface area contributed by atoms with E-state index < -0.39 is 0 Å². The highest BCUT2D eigenvalue weighted by molar-refractivity contribution is 5.95. The van der Waals surface area contributed by atoms with Gasteiger partial charge in [-0.25, -0.2) is 0 Å². The average Bonchev–Trinajstić information content (AvgIpc) is 3.27. The highest BCUT2D eigenvalue weighted by Crippen LogP contribution is 2.52. The van der Waals surface area contributed by atoms with Crippen LogP contribution in [0.4, 0.5) is 5.69 Å². The summed E-state index contributed by atoms with van der Waals surface area (Å²) in [7, 11) is 3.70. The highest BCUT2D eigenvalue weighted by Gasteiger charge is 2.33. The van der Waals surface area contributed by atoms with Crippen molar-refractivity contribution in [2.75, 3.05) is 32.8 Å². The van der Waals surface area contributed by atoms with E-state index in [2.05, 4.69) is 22.4 Å². The highest BCUT2D eigenvalue weighted by atomic mass is 16.7. The Morgan fingerprint density at radius 2 is 2.04 bits per heavy atom. The van der Waals surface area contributed by atoms with Crippen molar-refractivity contribution in [3.63, 3.8) is 0 Å². The molecule has 3 heterocycles. The van der Waals surface area contributed by atoms with Gasteiger partial charge in [0, 0.05) is 30.6 Å². The number of carbonyl (C=O) groups excluding carboxylic acids is 1. The third-order valence-electron chi connectivity index (χ3n) is 5.41. The lowest BCUT2D eigenvalue weighted by molar-refractivity contribution is -0.116. The Balaban J connectivity index is 1.62. The molecule has 2 aliphatic rings. The summed E-state index contributed by atoms with van der Waals surface area (Å²) in [6.07, 6.45) is 1.71. The van der Waals surface area contributed by atoms with Gasteiger partial charge < -0.3 is 29.0 Å². The molecule has 28 heavy (non-hydrogen) atoms. The number of carbonyl (C=O) groups is 1. The molecular weight excluding hydrogens is 362 g/mol. The molecule has 150 valence electrons. The Morgan fingerprint density at radius 1 is 1.25 bits per heavy atom. The van der Waals surface area contributed by atoms with E-state index >= 15 is 0 Å².